The Kier molecular flexibility index (Phi) is 9.80. The van der Waals surface area contributed by atoms with Crippen molar-refractivity contribution in [3.05, 3.63) is 53.2 Å². The molecule has 0 bridgehead atoms. The van der Waals surface area contributed by atoms with E-state index in [4.69, 9.17) is 16.3 Å². The number of benzene rings is 1. The van der Waals surface area contributed by atoms with Crippen LogP contribution in [-0.4, -0.2) is 50.3 Å². The van der Waals surface area contributed by atoms with Gasteiger partial charge >= 0.3 is 0 Å². The van der Waals surface area contributed by atoms with E-state index in [0.29, 0.717) is 17.7 Å². The van der Waals surface area contributed by atoms with E-state index in [9.17, 15) is 0 Å². The maximum absolute atomic E-state index is 6.28. The predicted octanol–water partition coefficient (Wildman–Crippen LogP) is 3.74. The molecular formula is C21H29ClIN5O. The molecule has 0 aliphatic carbocycles. The third kappa shape index (κ3) is 6.64. The molecule has 2 aromatic rings. The van der Waals surface area contributed by atoms with Crippen molar-refractivity contribution in [2.45, 2.75) is 25.8 Å². The Bertz CT molecular complexity index is 804. The summed E-state index contributed by atoms with van der Waals surface area (Å²) in [5.74, 6) is 2.62. The molecule has 0 amide bonds. The summed E-state index contributed by atoms with van der Waals surface area (Å²) in [4.78, 5) is 11.0. The van der Waals surface area contributed by atoms with Gasteiger partial charge in [0.05, 0.1) is 11.6 Å². The molecule has 158 valence electrons. The van der Waals surface area contributed by atoms with E-state index in [1.165, 1.54) is 5.56 Å². The molecular weight excluding hydrogens is 501 g/mol. The first-order chi connectivity index (χ1) is 13.7. The number of hydrogen-bond acceptors (Lipinski definition) is 4. The van der Waals surface area contributed by atoms with Gasteiger partial charge < -0.3 is 20.3 Å². The van der Waals surface area contributed by atoms with Crippen LogP contribution in [0.15, 0.2) is 47.6 Å². The van der Waals surface area contributed by atoms with Crippen LogP contribution in [0, 0.1) is 0 Å². The van der Waals surface area contributed by atoms with E-state index in [0.717, 1.165) is 50.0 Å². The minimum atomic E-state index is 0. The zero-order chi connectivity index (χ0) is 19.8. The molecule has 1 aliphatic rings. The zero-order valence-electron chi connectivity index (χ0n) is 16.9. The van der Waals surface area contributed by atoms with E-state index in [2.05, 4.69) is 31.6 Å². The van der Waals surface area contributed by atoms with E-state index >= 15 is 0 Å². The fraction of sp³-hybridized carbons (Fsp3) is 0.429. The van der Waals surface area contributed by atoms with Gasteiger partial charge in [0.15, 0.2) is 5.96 Å². The number of aliphatic imine (C=N–C) groups is 1. The third-order valence-corrected chi connectivity index (χ3v) is 5.05. The summed E-state index contributed by atoms with van der Waals surface area (Å²) in [5.41, 5.74) is 1.20. The van der Waals surface area contributed by atoms with Crippen LogP contribution in [0.2, 0.25) is 5.02 Å². The Morgan fingerprint density at radius 1 is 1.31 bits per heavy atom. The Balaban J connectivity index is 0.00000300. The fourth-order valence-corrected chi connectivity index (χ4v) is 3.63. The summed E-state index contributed by atoms with van der Waals surface area (Å²) in [6.45, 7) is 5.24. The van der Waals surface area contributed by atoms with Gasteiger partial charge in [0.1, 0.15) is 11.6 Å². The highest BCUT2D eigenvalue weighted by atomic mass is 127. The average molecular weight is 530 g/mol. The van der Waals surface area contributed by atoms with Crippen molar-refractivity contribution in [3.8, 4) is 5.75 Å². The summed E-state index contributed by atoms with van der Waals surface area (Å²) in [7, 11) is 1.80. The van der Waals surface area contributed by atoms with E-state index in [-0.39, 0.29) is 24.0 Å². The zero-order valence-corrected chi connectivity index (χ0v) is 20.0. The topological polar surface area (TPSA) is 61.8 Å². The first-order valence-electron chi connectivity index (χ1n) is 9.74. The first-order valence-corrected chi connectivity index (χ1v) is 10.1. The Morgan fingerprint density at radius 3 is 2.90 bits per heavy atom. The summed E-state index contributed by atoms with van der Waals surface area (Å²) in [5, 5.41) is 7.60. The highest BCUT2D eigenvalue weighted by Gasteiger charge is 2.25. The molecule has 0 saturated carbocycles. The van der Waals surface area contributed by atoms with Crippen molar-refractivity contribution in [3.63, 3.8) is 0 Å². The lowest BCUT2D eigenvalue weighted by molar-refractivity contribution is 0.336. The van der Waals surface area contributed by atoms with Crippen LogP contribution in [0.4, 0.5) is 5.82 Å². The molecule has 1 atom stereocenters. The molecule has 2 heterocycles. The lowest BCUT2D eigenvalue weighted by Crippen LogP contribution is -2.45. The van der Waals surface area contributed by atoms with Crippen LogP contribution in [0.3, 0.4) is 0 Å². The van der Waals surface area contributed by atoms with E-state index < -0.39 is 0 Å². The molecule has 1 aromatic carbocycles. The molecule has 0 radical (unpaired) electrons. The Hall–Kier alpha value is -1.74. The van der Waals surface area contributed by atoms with Crippen molar-refractivity contribution in [1.29, 1.82) is 0 Å². The number of hydrogen-bond donors (Lipinski definition) is 2. The number of nitrogens with one attached hydrogen (secondary N) is 2. The van der Waals surface area contributed by atoms with Gasteiger partial charge in [-0.25, -0.2) is 4.98 Å². The molecule has 1 unspecified atom stereocenters. The number of guanidine groups is 1. The number of aromatic nitrogens is 1. The van der Waals surface area contributed by atoms with Crippen molar-refractivity contribution in [1.82, 2.24) is 15.6 Å². The van der Waals surface area contributed by atoms with E-state index in [1.54, 1.807) is 13.2 Å². The molecule has 3 rings (SSSR count). The van der Waals surface area contributed by atoms with Crippen molar-refractivity contribution >= 4 is 47.4 Å². The molecule has 8 heteroatoms. The first kappa shape index (κ1) is 23.5. The van der Waals surface area contributed by atoms with Crippen LogP contribution in [0.25, 0.3) is 0 Å². The smallest absolute Gasteiger partial charge is 0.191 e. The molecule has 6 nitrogen and oxygen atoms in total. The summed E-state index contributed by atoms with van der Waals surface area (Å²) in [6, 6.07) is 12.2. The second kappa shape index (κ2) is 12.1. The normalized spacial score (nSPS) is 16.3. The highest BCUT2D eigenvalue weighted by molar-refractivity contribution is 14.0. The van der Waals surface area contributed by atoms with Gasteiger partial charge in [0, 0.05) is 38.9 Å². The number of ether oxygens (including phenoxy) is 1. The average Bonchev–Trinajstić information content (AvgIpc) is 3.17. The van der Waals surface area contributed by atoms with E-state index in [1.807, 2.05) is 37.3 Å². The predicted molar refractivity (Wildman–Crippen MR) is 131 cm³/mol. The molecule has 0 spiro atoms. The van der Waals surface area contributed by atoms with Crippen molar-refractivity contribution in [2.24, 2.45) is 4.99 Å². The number of para-hydroxylation sites is 1. The van der Waals surface area contributed by atoms with Crippen molar-refractivity contribution in [2.75, 3.05) is 38.2 Å². The van der Waals surface area contributed by atoms with Crippen molar-refractivity contribution < 1.29 is 4.74 Å². The van der Waals surface area contributed by atoms with Crippen LogP contribution in [-0.2, 0) is 6.42 Å². The van der Waals surface area contributed by atoms with Gasteiger partial charge in [0.2, 0.25) is 0 Å². The third-order valence-electron chi connectivity index (χ3n) is 4.75. The van der Waals surface area contributed by atoms with Gasteiger partial charge in [-0.15, -0.1) is 24.0 Å². The van der Waals surface area contributed by atoms with Crippen LogP contribution < -0.4 is 20.3 Å². The second-order valence-electron chi connectivity index (χ2n) is 6.67. The summed E-state index contributed by atoms with van der Waals surface area (Å²) >= 11 is 6.28. The molecule has 1 fully saturated rings. The highest BCUT2D eigenvalue weighted by Crippen LogP contribution is 2.25. The molecule has 1 aromatic heterocycles. The van der Waals surface area contributed by atoms with Crippen LogP contribution in [0.1, 0.15) is 18.9 Å². The van der Waals surface area contributed by atoms with Gasteiger partial charge in [-0.05, 0) is 43.5 Å². The lowest BCUT2D eigenvalue weighted by atomic mass is 10.1. The van der Waals surface area contributed by atoms with Gasteiger partial charge in [0.25, 0.3) is 0 Å². The van der Waals surface area contributed by atoms with Gasteiger partial charge in [-0.3, -0.25) is 4.99 Å². The summed E-state index contributed by atoms with van der Waals surface area (Å²) in [6.07, 6.45) is 3.67. The molecule has 29 heavy (non-hydrogen) atoms. The minimum Gasteiger partial charge on any atom is -0.494 e. The van der Waals surface area contributed by atoms with Crippen LogP contribution in [0.5, 0.6) is 5.75 Å². The molecule has 1 saturated heterocycles. The maximum Gasteiger partial charge on any atom is 0.191 e. The number of halogens is 2. The molecule has 1 aliphatic heterocycles. The van der Waals surface area contributed by atoms with Gasteiger partial charge in [-0.2, -0.15) is 0 Å². The monoisotopic (exact) mass is 529 g/mol. The second-order valence-corrected chi connectivity index (χ2v) is 7.08. The number of pyridine rings is 1. The Labute approximate surface area is 195 Å². The summed E-state index contributed by atoms with van der Waals surface area (Å²) < 4.78 is 5.70. The molecule has 2 N–H and O–H groups in total. The van der Waals surface area contributed by atoms with Gasteiger partial charge in [-0.1, -0.05) is 29.8 Å². The quantitative estimate of drug-likeness (QED) is 0.325. The standard InChI is InChI=1S/C21H28ClN5O.HI/c1-3-28-19-9-5-4-7-16(19)10-13-25-21(23-2)26-17-11-14-27(15-17)20-18(22)8-6-12-24-20;/h4-9,12,17H,3,10-11,13-15H2,1-2H3,(H2,23,25,26);1H. The Morgan fingerprint density at radius 2 is 2.14 bits per heavy atom. The number of anilines is 1. The lowest BCUT2D eigenvalue weighted by Gasteiger charge is -2.20. The number of nitrogens with zero attached hydrogens (tertiary/aromatic N) is 3. The largest absolute Gasteiger partial charge is 0.494 e. The maximum atomic E-state index is 6.28. The fourth-order valence-electron chi connectivity index (χ4n) is 3.39. The SMILES string of the molecule is CCOc1ccccc1CCNC(=NC)NC1CCN(c2ncccc2Cl)C1.I. The number of rotatable bonds is 7. The minimum absolute atomic E-state index is 0. The van der Waals surface area contributed by atoms with Crippen LogP contribution >= 0.6 is 35.6 Å².